The van der Waals surface area contributed by atoms with E-state index in [1.807, 2.05) is 0 Å². The first-order valence-corrected chi connectivity index (χ1v) is 4.71. The van der Waals surface area contributed by atoms with Crippen molar-refractivity contribution in [2.45, 2.75) is 19.3 Å². The Kier molecular flexibility index (Phi) is 3.23. The standard InChI is InChI=1S/C9H17NO2.ClH/c11-6-8-2-1-3-9(8,7-12)5-10-4-8;/h10-12H,1-7H2;1H/t8-,9+;. The van der Waals surface area contributed by atoms with Crippen LogP contribution in [0.5, 0.6) is 0 Å². The minimum atomic E-state index is -0.0122. The summed E-state index contributed by atoms with van der Waals surface area (Å²) >= 11 is 0. The highest BCUT2D eigenvalue weighted by Gasteiger charge is 2.56. The van der Waals surface area contributed by atoms with Gasteiger partial charge in [-0.15, -0.1) is 12.4 Å². The van der Waals surface area contributed by atoms with E-state index < -0.39 is 0 Å². The second-order valence-electron chi connectivity index (χ2n) is 4.33. The molecule has 1 saturated heterocycles. The van der Waals surface area contributed by atoms with Crippen molar-refractivity contribution in [3.05, 3.63) is 0 Å². The van der Waals surface area contributed by atoms with Gasteiger partial charge >= 0.3 is 0 Å². The molecule has 3 nitrogen and oxygen atoms in total. The van der Waals surface area contributed by atoms with Crippen LogP contribution < -0.4 is 5.32 Å². The first kappa shape index (κ1) is 11.2. The molecule has 3 N–H and O–H groups in total. The maximum Gasteiger partial charge on any atom is 0.0506 e. The van der Waals surface area contributed by atoms with E-state index in [2.05, 4.69) is 5.32 Å². The van der Waals surface area contributed by atoms with E-state index >= 15 is 0 Å². The van der Waals surface area contributed by atoms with Crippen molar-refractivity contribution in [2.24, 2.45) is 10.8 Å². The Morgan fingerprint density at radius 2 is 1.46 bits per heavy atom. The van der Waals surface area contributed by atoms with Crippen molar-refractivity contribution in [1.82, 2.24) is 5.32 Å². The molecule has 13 heavy (non-hydrogen) atoms. The van der Waals surface area contributed by atoms with E-state index in [1.54, 1.807) is 0 Å². The minimum Gasteiger partial charge on any atom is -0.396 e. The van der Waals surface area contributed by atoms with Crippen molar-refractivity contribution in [3.63, 3.8) is 0 Å². The third kappa shape index (κ3) is 1.30. The smallest absolute Gasteiger partial charge is 0.0506 e. The Bertz CT molecular complexity index is 158. The zero-order chi connectivity index (χ0) is 8.66. The topological polar surface area (TPSA) is 52.5 Å². The Labute approximate surface area is 84.9 Å². The quantitative estimate of drug-likeness (QED) is 0.605. The van der Waals surface area contributed by atoms with E-state index in [0.29, 0.717) is 0 Å². The summed E-state index contributed by atoms with van der Waals surface area (Å²) in [5.74, 6) is 0. The summed E-state index contributed by atoms with van der Waals surface area (Å²) in [4.78, 5) is 0. The van der Waals surface area contributed by atoms with Crippen LogP contribution in [-0.2, 0) is 0 Å². The van der Waals surface area contributed by atoms with E-state index in [0.717, 1.165) is 32.4 Å². The van der Waals surface area contributed by atoms with Crippen LogP contribution >= 0.6 is 12.4 Å². The molecule has 2 fully saturated rings. The molecule has 1 saturated carbocycles. The van der Waals surface area contributed by atoms with Crippen molar-refractivity contribution < 1.29 is 10.2 Å². The predicted octanol–water partition coefficient (Wildman–Crippen LogP) is 0.153. The maximum atomic E-state index is 9.37. The van der Waals surface area contributed by atoms with Gasteiger partial charge in [0.15, 0.2) is 0 Å². The molecule has 2 atom stereocenters. The van der Waals surface area contributed by atoms with Crippen molar-refractivity contribution in [3.8, 4) is 0 Å². The molecule has 4 heteroatoms. The molecule has 2 rings (SSSR count). The van der Waals surface area contributed by atoms with Gasteiger partial charge in [0.1, 0.15) is 0 Å². The van der Waals surface area contributed by atoms with Gasteiger partial charge in [0.2, 0.25) is 0 Å². The first-order valence-electron chi connectivity index (χ1n) is 4.71. The molecule has 0 aromatic rings. The molecule has 1 aliphatic heterocycles. The van der Waals surface area contributed by atoms with Gasteiger partial charge in [0.05, 0.1) is 13.2 Å². The van der Waals surface area contributed by atoms with Crippen molar-refractivity contribution >= 4 is 12.4 Å². The van der Waals surface area contributed by atoms with Crippen molar-refractivity contribution in [2.75, 3.05) is 26.3 Å². The van der Waals surface area contributed by atoms with Crippen LogP contribution in [0.1, 0.15) is 19.3 Å². The second-order valence-corrected chi connectivity index (χ2v) is 4.33. The van der Waals surface area contributed by atoms with Gasteiger partial charge in [0.25, 0.3) is 0 Å². The van der Waals surface area contributed by atoms with Gasteiger partial charge in [0, 0.05) is 23.9 Å². The van der Waals surface area contributed by atoms with Crippen LogP contribution in [0.25, 0.3) is 0 Å². The fourth-order valence-electron chi connectivity index (χ4n) is 2.99. The molecule has 0 aromatic heterocycles. The summed E-state index contributed by atoms with van der Waals surface area (Å²) in [6.07, 6.45) is 3.29. The molecule has 0 bridgehead atoms. The van der Waals surface area contributed by atoms with Crippen LogP contribution in [0.3, 0.4) is 0 Å². The highest BCUT2D eigenvalue weighted by molar-refractivity contribution is 5.85. The van der Waals surface area contributed by atoms with E-state index in [-0.39, 0.29) is 36.5 Å². The normalized spacial score (nSPS) is 42.9. The fraction of sp³-hybridized carbons (Fsp3) is 1.00. The van der Waals surface area contributed by atoms with Gasteiger partial charge in [-0.1, -0.05) is 6.42 Å². The molecule has 0 spiro atoms. The van der Waals surface area contributed by atoms with Gasteiger partial charge in [-0.3, -0.25) is 0 Å². The lowest BCUT2D eigenvalue weighted by Crippen LogP contribution is -2.41. The molecular formula is C9H18ClNO2. The summed E-state index contributed by atoms with van der Waals surface area (Å²) < 4.78 is 0. The van der Waals surface area contributed by atoms with Gasteiger partial charge in [-0.2, -0.15) is 0 Å². The van der Waals surface area contributed by atoms with E-state index in [4.69, 9.17) is 0 Å². The summed E-state index contributed by atoms with van der Waals surface area (Å²) in [6.45, 7) is 2.20. The number of nitrogens with one attached hydrogen (secondary N) is 1. The number of rotatable bonds is 2. The largest absolute Gasteiger partial charge is 0.396 e. The monoisotopic (exact) mass is 207 g/mol. The van der Waals surface area contributed by atoms with Gasteiger partial charge in [-0.25, -0.2) is 0 Å². The maximum absolute atomic E-state index is 9.37. The molecule has 2 aliphatic rings. The van der Waals surface area contributed by atoms with Gasteiger partial charge in [-0.05, 0) is 12.8 Å². The van der Waals surface area contributed by atoms with Gasteiger partial charge < -0.3 is 15.5 Å². The number of aliphatic hydroxyl groups excluding tert-OH is 2. The summed E-state index contributed by atoms with van der Waals surface area (Å²) in [6, 6.07) is 0. The lowest BCUT2D eigenvalue weighted by molar-refractivity contribution is 0.00976. The van der Waals surface area contributed by atoms with Crippen LogP contribution in [0, 0.1) is 10.8 Å². The number of aliphatic hydroxyl groups is 2. The molecule has 1 aliphatic carbocycles. The van der Waals surface area contributed by atoms with Crippen LogP contribution in [0.2, 0.25) is 0 Å². The summed E-state index contributed by atoms with van der Waals surface area (Å²) in [5.41, 5.74) is -0.0243. The minimum absolute atomic E-state index is 0. The lowest BCUT2D eigenvalue weighted by Gasteiger charge is -2.36. The Morgan fingerprint density at radius 3 is 1.85 bits per heavy atom. The summed E-state index contributed by atoms with van der Waals surface area (Å²) in [7, 11) is 0. The average Bonchev–Trinajstić information content (AvgIpc) is 2.58. The molecule has 0 aromatic carbocycles. The van der Waals surface area contributed by atoms with Crippen molar-refractivity contribution in [1.29, 1.82) is 0 Å². The first-order chi connectivity index (χ1) is 5.79. The third-order valence-corrected chi connectivity index (χ3v) is 3.97. The molecule has 0 radical (unpaired) electrons. The molecule has 78 valence electrons. The predicted molar refractivity (Wildman–Crippen MR) is 53.0 cm³/mol. The Morgan fingerprint density at radius 1 is 1.00 bits per heavy atom. The molecule has 0 unspecified atom stereocenters. The number of hydrogen-bond donors (Lipinski definition) is 3. The average molecular weight is 208 g/mol. The zero-order valence-corrected chi connectivity index (χ0v) is 8.57. The second kappa shape index (κ2) is 3.73. The van der Waals surface area contributed by atoms with Crippen LogP contribution in [0.4, 0.5) is 0 Å². The lowest BCUT2D eigenvalue weighted by atomic mass is 9.69. The third-order valence-electron chi connectivity index (χ3n) is 3.97. The molecule has 0 amide bonds. The molecule has 1 heterocycles. The zero-order valence-electron chi connectivity index (χ0n) is 7.75. The summed E-state index contributed by atoms with van der Waals surface area (Å²) in [5, 5.41) is 22.0. The Balaban J connectivity index is 0.000000845. The highest BCUT2D eigenvalue weighted by Crippen LogP contribution is 2.54. The van der Waals surface area contributed by atoms with E-state index in [9.17, 15) is 10.2 Å². The molecular weight excluding hydrogens is 190 g/mol. The number of halogens is 1. The Hall–Kier alpha value is 0.170. The van der Waals surface area contributed by atoms with E-state index in [1.165, 1.54) is 0 Å². The number of fused-ring (bicyclic) bond motifs is 1. The van der Waals surface area contributed by atoms with Crippen LogP contribution in [0.15, 0.2) is 0 Å². The highest BCUT2D eigenvalue weighted by atomic mass is 35.5. The number of hydrogen-bond acceptors (Lipinski definition) is 3. The SMILES string of the molecule is Cl.OC[C@@]12CCC[C@]1(CO)CNC2. The fourth-order valence-corrected chi connectivity index (χ4v) is 2.99. The van der Waals surface area contributed by atoms with Crippen LogP contribution in [-0.4, -0.2) is 36.5 Å².